The van der Waals surface area contributed by atoms with Gasteiger partial charge in [-0.1, -0.05) is 5.10 Å². The highest BCUT2D eigenvalue weighted by atomic mass is 32.1. The van der Waals surface area contributed by atoms with Crippen LogP contribution in [0.4, 0.5) is 6.01 Å². The fourth-order valence-electron chi connectivity index (χ4n) is 1.20. The van der Waals surface area contributed by atoms with Gasteiger partial charge in [-0.2, -0.15) is 0 Å². The van der Waals surface area contributed by atoms with Crippen LogP contribution in [0.2, 0.25) is 0 Å². The van der Waals surface area contributed by atoms with Gasteiger partial charge in [0.2, 0.25) is 5.89 Å². The summed E-state index contributed by atoms with van der Waals surface area (Å²) in [6.45, 7) is 3.15. The Labute approximate surface area is 97.1 Å². The van der Waals surface area contributed by atoms with E-state index in [-0.39, 0.29) is 0 Å². The number of anilines is 1. The van der Waals surface area contributed by atoms with Crippen molar-refractivity contribution < 1.29 is 4.42 Å². The molecule has 6 nitrogen and oxygen atoms in total. The minimum absolute atomic E-state index is 0.427. The Morgan fingerprint density at radius 2 is 2.25 bits per heavy atom. The van der Waals surface area contributed by atoms with Crippen LogP contribution in [0.3, 0.4) is 0 Å². The Morgan fingerprint density at radius 3 is 2.94 bits per heavy atom. The number of nitrogens with one attached hydrogen (secondary N) is 2. The fraction of sp³-hybridized carbons (Fsp3) is 0.444. The first-order valence-corrected chi connectivity index (χ1v) is 5.78. The van der Waals surface area contributed by atoms with Crippen LogP contribution < -0.4 is 10.6 Å². The van der Waals surface area contributed by atoms with E-state index in [1.54, 1.807) is 11.3 Å². The molecule has 16 heavy (non-hydrogen) atoms. The molecule has 0 fully saturated rings. The standard InChI is InChI=1S/C9H13N5OS/c1-6-12-7(5-16-6)3-11-9-14-13-8(15-9)4-10-2/h5,10H,3-4H2,1-2H3,(H,11,14). The normalized spacial score (nSPS) is 10.6. The molecular formula is C9H13N5OS. The average molecular weight is 239 g/mol. The van der Waals surface area contributed by atoms with Crippen molar-refractivity contribution in [1.29, 1.82) is 0 Å². The Kier molecular flexibility index (Phi) is 3.47. The molecule has 2 rings (SSSR count). The van der Waals surface area contributed by atoms with E-state index < -0.39 is 0 Å². The average Bonchev–Trinajstić information content (AvgIpc) is 2.85. The highest BCUT2D eigenvalue weighted by Gasteiger charge is 2.05. The Bertz CT molecular complexity index is 452. The first-order valence-electron chi connectivity index (χ1n) is 4.90. The largest absolute Gasteiger partial charge is 0.407 e. The molecule has 0 saturated carbocycles. The molecule has 0 aliphatic carbocycles. The maximum atomic E-state index is 5.33. The highest BCUT2D eigenvalue weighted by Crippen LogP contribution is 2.10. The van der Waals surface area contributed by atoms with Crippen molar-refractivity contribution in [3.05, 3.63) is 22.0 Å². The molecule has 2 aromatic heterocycles. The summed E-state index contributed by atoms with van der Waals surface area (Å²) >= 11 is 1.63. The van der Waals surface area contributed by atoms with Gasteiger partial charge in [-0.3, -0.25) is 0 Å². The zero-order chi connectivity index (χ0) is 11.4. The van der Waals surface area contributed by atoms with Gasteiger partial charge in [-0.15, -0.1) is 16.4 Å². The van der Waals surface area contributed by atoms with E-state index in [1.165, 1.54) is 0 Å². The van der Waals surface area contributed by atoms with E-state index in [2.05, 4.69) is 25.8 Å². The second-order valence-electron chi connectivity index (χ2n) is 3.24. The number of aromatic nitrogens is 3. The predicted molar refractivity (Wildman–Crippen MR) is 61.2 cm³/mol. The zero-order valence-corrected chi connectivity index (χ0v) is 9.97. The van der Waals surface area contributed by atoms with E-state index in [4.69, 9.17) is 4.42 Å². The Morgan fingerprint density at radius 1 is 1.38 bits per heavy atom. The topological polar surface area (TPSA) is 75.9 Å². The second kappa shape index (κ2) is 5.04. The van der Waals surface area contributed by atoms with E-state index in [1.807, 2.05) is 19.4 Å². The Hall–Kier alpha value is -1.47. The number of nitrogens with zero attached hydrogens (tertiary/aromatic N) is 3. The summed E-state index contributed by atoms with van der Waals surface area (Å²) in [7, 11) is 1.83. The SMILES string of the molecule is CNCc1nnc(NCc2csc(C)n2)o1. The molecule has 2 heterocycles. The van der Waals surface area contributed by atoms with Gasteiger partial charge in [0.1, 0.15) is 0 Å². The summed E-state index contributed by atoms with van der Waals surface area (Å²) in [6.07, 6.45) is 0. The number of thiazole rings is 1. The summed E-state index contributed by atoms with van der Waals surface area (Å²) in [5.74, 6) is 0.569. The molecule has 0 radical (unpaired) electrons. The fourth-order valence-corrected chi connectivity index (χ4v) is 1.82. The first-order chi connectivity index (χ1) is 7.78. The molecule has 0 atom stereocenters. The second-order valence-corrected chi connectivity index (χ2v) is 4.30. The molecule has 7 heteroatoms. The van der Waals surface area contributed by atoms with E-state index in [0.717, 1.165) is 10.7 Å². The minimum atomic E-state index is 0.427. The van der Waals surface area contributed by atoms with Crippen molar-refractivity contribution in [3.63, 3.8) is 0 Å². The summed E-state index contributed by atoms with van der Waals surface area (Å²) in [6, 6.07) is 0.427. The van der Waals surface area contributed by atoms with Gasteiger partial charge in [0.05, 0.1) is 23.8 Å². The molecule has 0 aliphatic rings. The lowest BCUT2D eigenvalue weighted by Crippen LogP contribution is -2.04. The monoisotopic (exact) mass is 239 g/mol. The van der Waals surface area contributed by atoms with Crippen molar-refractivity contribution in [2.75, 3.05) is 12.4 Å². The summed E-state index contributed by atoms with van der Waals surface area (Å²) in [4.78, 5) is 4.32. The molecule has 86 valence electrons. The lowest BCUT2D eigenvalue weighted by molar-refractivity contribution is 0.489. The molecule has 2 aromatic rings. The van der Waals surface area contributed by atoms with Gasteiger partial charge in [0, 0.05) is 5.38 Å². The number of hydrogen-bond acceptors (Lipinski definition) is 7. The maximum absolute atomic E-state index is 5.33. The third-order valence-corrected chi connectivity index (χ3v) is 2.70. The van der Waals surface area contributed by atoms with Crippen LogP contribution in [0.5, 0.6) is 0 Å². The van der Waals surface area contributed by atoms with E-state index >= 15 is 0 Å². The number of hydrogen-bond donors (Lipinski definition) is 2. The smallest absolute Gasteiger partial charge is 0.315 e. The van der Waals surface area contributed by atoms with Crippen molar-refractivity contribution in [1.82, 2.24) is 20.5 Å². The van der Waals surface area contributed by atoms with E-state index in [9.17, 15) is 0 Å². The lowest BCUT2D eigenvalue weighted by atomic mass is 10.5. The van der Waals surface area contributed by atoms with Crippen LogP contribution in [0, 0.1) is 6.92 Å². The summed E-state index contributed by atoms with van der Waals surface area (Å²) in [5.41, 5.74) is 0.982. The molecular weight excluding hydrogens is 226 g/mol. The summed E-state index contributed by atoms with van der Waals surface area (Å²) in [5, 5.41) is 16.8. The molecule has 0 spiro atoms. The number of aryl methyl sites for hydroxylation is 1. The van der Waals surface area contributed by atoms with Gasteiger partial charge < -0.3 is 15.1 Å². The molecule has 2 N–H and O–H groups in total. The van der Waals surface area contributed by atoms with Crippen LogP contribution in [0.15, 0.2) is 9.80 Å². The van der Waals surface area contributed by atoms with Crippen molar-refractivity contribution in [2.45, 2.75) is 20.0 Å². The molecule has 0 unspecified atom stereocenters. The van der Waals surface area contributed by atoms with Crippen LogP contribution in [0.25, 0.3) is 0 Å². The zero-order valence-electron chi connectivity index (χ0n) is 9.15. The van der Waals surface area contributed by atoms with Gasteiger partial charge >= 0.3 is 6.01 Å². The van der Waals surface area contributed by atoms with Crippen molar-refractivity contribution in [2.24, 2.45) is 0 Å². The summed E-state index contributed by atoms with van der Waals surface area (Å²) < 4.78 is 5.33. The van der Waals surface area contributed by atoms with E-state index in [0.29, 0.717) is 25.0 Å². The molecule has 0 saturated heterocycles. The highest BCUT2D eigenvalue weighted by molar-refractivity contribution is 7.09. The third-order valence-electron chi connectivity index (χ3n) is 1.88. The van der Waals surface area contributed by atoms with Crippen LogP contribution in [-0.2, 0) is 13.1 Å². The van der Waals surface area contributed by atoms with Crippen LogP contribution >= 0.6 is 11.3 Å². The van der Waals surface area contributed by atoms with Crippen LogP contribution in [0.1, 0.15) is 16.6 Å². The maximum Gasteiger partial charge on any atom is 0.315 e. The molecule has 0 aromatic carbocycles. The first kappa shape index (κ1) is 11.0. The van der Waals surface area contributed by atoms with Crippen molar-refractivity contribution in [3.8, 4) is 0 Å². The Balaban J connectivity index is 1.89. The third kappa shape index (κ3) is 2.77. The van der Waals surface area contributed by atoms with Crippen molar-refractivity contribution >= 4 is 17.4 Å². The van der Waals surface area contributed by atoms with Gasteiger partial charge in [0.15, 0.2) is 0 Å². The molecule has 0 amide bonds. The lowest BCUT2D eigenvalue weighted by Gasteiger charge is -1.96. The van der Waals surface area contributed by atoms with Crippen LogP contribution in [-0.4, -0.2) is 22.2 Å². The van der Waals surface area contributed by atoms with Gasteiger partial charge in [-0.25, -0.2) is 4.98 Å². The molecule has 0 aliphatic heterocycles. The van der Waals surface area contributed by atoms with Gasteiger partial charge in [-0.05, 0) is 14.0 Å². The van der Waals surface area contributed by atoms with Gasteiger partial charge in [0.25, 0.3) is 0 Å². The predicted octanol–water partition coefficient (Wildman–Crippen LogP) is 1.17. The molecule has 0 bridgehead atoms. The number of rotatable bonds is 5. The quantitative estimate of drug-likeness (QED) is 0.815. The minimum Gasteiger partial charge on any atom is -0.407 e.